The van der Waals surface area contributed by atoms with Crippen molar-refractivity contribution >= 4 is 28.2 Å². The number of thioether (sulfide) groups is 1. The average Bonchev–Trinajstić information content (AvgIpc) is 2.92. The summed E-state index contributed by atoms with van der Waals surface area (Å²) in [5.74, 6) is 2.13. The van der Waals surface area contributed by atoms with Gasteiger partial charge in [0.2, 0.25) is 0 Å². The minimum absolute atomic E-state index is 0.845. The molecule has 0 unspecified atom stereocenters. The minimum Gasteiger partial charge on any atom is -0.398 e. The topological polar surface area (TPSA) is 38.9 Å². The van der Waals surface area contributed by atoms with Gasteiger partial charge in [0.25, 0.3) is 0 Å². The van der Waals surface area contributed by atoms with Gasteiger partial charge in [-0.3, -0.25) is 4.98 Å². The lowest BCUT2D eigenvalue weighted by Gasteiger charge is -2.11. The SMILES string of the molecule is Nc1ccc(SCC2CCCC2)c2cnccc12. The molecule has 0 spiro atoms. The smallest absolute Gasteiger partial charge is 0.0395 e. The monoisotopic (exact) mass is 258 g/mol. The zero-order valence-corrected chi connectivity index (χ0v) is 11.2. The number of rotatable bonds is 3. The first kappa shape index (κ1) is 11.8. The molecule has 1 fully saturated rings. The van der Waals surface area contributed by atoms with Gasteiger partial charge in [-0.15, -0.1) is 11.8 Å². The predicted octanol–water partition coefficient (Wildman–Crippen LogP) is 4.10. The lowest BCUT2D eigenvalue weighted by atomic mass is 10.1. The molecule has 3 rings (SSSR count). The van der Waals surface area contributed by atoms with Crippen LogP contribution in [0.25, 0.3) is 10.8 Å². The van der Waals surface area contributed by atoms with E-state index in [4.69, 9.17) is 5.73 Å². The second kappa shape index (κ2) is 5.19. The molecule has 0 bridgehead atoms. The summed E-state index contributed by atoms with van der Waals surface area (Å²) in [4.78, 5) is 5.54. The van der Waals surface area contributed by atoms with E-state index in [1.807, 2.05) is 36.3 Å². The Morgan fingerprint density at radius 3 is 2.83 bits per heavy atom. The van der Waals surface area contributed by atoms with Crippen LogP contribution < -0.4 is 5.73 Å². The van der Waals surface area contributed by atoms with Gasteiger partial charge >= 0.3 is 0 Å². The molecule has 2 N–H and O–H groups in total. The van der Waals surface area contributed by atoms with Crippen LogP contribution >= 0.6 is 11.8 Å². The Balaban J connectivity index is 1.85. The third-order valence-electron chi connectivity index (χ3n) is 3.76. The highest BCUT2D eigenvalue weighted by molar-refractivity contribution is 7.99. The number of hydrogen-bond donors (Lipinski definition) is 1. The van der Waals surface area contributed by atoms with Crippen molar-refractivity contribution in [3.63, 3.8) is 0 Å². The fraction of sp³-hybridized carbons (Fsp3) is 0.400. The number of nitrogens with two attached hydrogens (primary N) is 1. The molecule has 2 nitrogen and oxygen atoms in total. The molecule has 0 amide bonds. The van der Waals surface area contributed by atoms with Crippen molar-refractivity contribution in [3.8, 4) is 0 Å². The van der Waals surface area contributed by atoms with E-state index in [9.17, 15) is 0 Å². The Bertz CT molecular complexity index is 547. The molecule has 1 saturated carbocycles. The maximum absolute atomic E-state index is 6.01. The van der Waals surface area contributed by atoms with Gasteiger partial charge in [0, 0.05) is 39.5 Å². The van der Waals surface area contributed by atoms with E-state index in [1.165, 1.54) is 41.7 Å². The van der Waals surface area contributed by atoms with Gasteiger partial charge < -0.3 is 5.73 Å². The standard InChI is InChI=1S/C15H18N2S/c16-14-5-6-15(13-9-17-8-7-12(13)14)18-10-11-3-1-2-4-11/h5-9,11H,1-4,10,16H2. The van der Waals surface area contributed by atoms with Gasteiger partial charge in [0.05, 0.1) is 0 Å². The van der Waals surface area contributed by atoms with Gasteiger partial charge in [0.1, 0.15) is 0 Å². The highest BCUT2D eigenvalue weighted by Crippen LogP contribution is 2.35. The van der Waals surface area contributed by atoms with Crippen molar-refractivity contribution in [3.05, 3.63) is 30.6 Å². The quantitative estimate of drug-likeness (QED) is 0.665. The van der Waals surface area contributed by atoms with Crippen LogP contribution in [0.3, 0.4) is 0 Å². The maximum atomic E-state index is 6.01. The highest BCUT2D eigenvalue weighted by Gasteiger charge is 2.15. The average molecular weight is 258 g/mol. The van der Waals surface area contributed by atoms with Gasteiger partial charge in [0.15, 0.2) is 0 Å². The highest BCUT2D eigenvalue weighted by atomic mass is 32.2. The van der Waals surface area contributed by atoms with E-state index in [2.05, 4.69) is 11.1 Å². The molecule has 0 radical (unpaired) electrons. The number of anilines is 1. The second-order valence-electron chi connectivity index (χ2n) is 5.04. The van der Waals surface area contributed by atoms with Crippen molar-refractivity contribution in [1.29, 1.82) is 0 Å². The number of nitrogen functional groups attached to an aromatic ring is 1. The van der Waals surface area contributed by atoms with Crippen LogP contribution in [0, 0.1) is 5.92 Å². The predicted molar refractivity (Wildman–Crippen MR) is 78.8 cm³/mol. The first-order valence-corrected chi connectivity index (χ1v) is 7.58. The summed E-state index contributed by atoms with van der Waals surface area (Å²) in [7, 11) is 0. The van der Waals surface area contributed by atoms with Crippen molar-refractivity contribution in [1.82, 2.24) is 4.98 Å². The summed E-state index contributed by atoms with van der Waals surface area (Å²) >= 11 is 1.96. The molecule has 1 aliphatic rings. The van der Waals surface area contributed by atoms with Crippen molar-refractivity contribution < 1.29 is 0 Å². The van der Waals surface area contributed by atoms with Crippen LogP contribution in [0.1, 0.15) is 25.7 Å². The Labute approximate surface area is 112 Å². The fourth-order valence-electron chi connectivity index (χ4n) is 2.70. The Kier molecular flexibility index (Phi) is 3.41. The number of benzene rings is 1. The maximum Gasteiger partial charge on any atom is 0.0395 e. The first-order valence-electron chi connectivity index (χ1n) is 6.59. The molecule has 2 aromatic rings. The summed E-state index contributed by atoms with van der Waals surface area (Å²) < 4.78 is 0. The van der Waals surface area contributed by atoms with Crippen molar-refractivity contribution in [2.24, 2.45) is 5.92 Å². The normalized spacial score (nSPS) is 16.4. The van der Waals surface area contributed by atoms with Crippen LogP contribution in [-0.2, 0) is 0 Å². The molecule has 0 atom stereocenters. The van der Waals surface area contributed by atoms with E-state index in [-0.39, 0.29) is 0 Å². The van der Waals surface area contributed by atoms with Crippen LogP contribution in [-0.4, -0.2) is 10.7 Å². The molecule has 1 heterocycles. The molecular formula is C15H18N2S. The van der Waals surface area contributed by atoms with Gasteiger partial charge in [-0.2, -0.15) is 0 Å². The molecule has 0 saturated heterocycles. The molecule has 0 aliphatic heterocycles. The molecule has 1 aliphatic carbocycles. The van der Waals surface area contributed by atoms with E-state index in [1.54, 1.807) is 0 Å². The number of hydrogen-bond acceptors (Lipinski definition) is 3. The lowest BCUT2D eigenvalue weighted by molar-refractivity contribution is 0.623. The van der Waals surface area contributed by atoms with E-state index >= 15 is 0 Å². The number of fused-ring (bicyclic) bond motifs is 1. The van der Waals surface area contributed by atoms with Crippen LogP contribution in [0.2, 0.25) is 0 Å². The van der Waals surface area contributed by atoms with Crippen molar-refractivity contribution in [2.45, 2.75) is 30.6 Å². The van der Waals surface area contributed by atoms with Crippen LogP contribution in [0.15, 0.2) is 35.5 Å². The summed E-state index contributed by atoms with van der Waals surface area (Å²) in [6.07, 6.45) is 9.37. The van der Waals surface area contributed by atoms with Crippen molar-refractivity contribution in [2.75, 3.05) is 11.5 Å². The van der Waals surface area contributed by atoms with Crippen LogP contribution in [0.5, 0.6) is 0 Å². The minimum atomic E-state index is 0.845. The zero-order chi connectivity index (χ0) is 12.4. The zero-order valence-electron chi connectivity index (χ0n) is 10.4. The number of pyridine rings is 1. The molecule has 18 heavy (non-hydrogen) atoms. The largest absolute Gasteiger partial charge is 0.398 e. The Morgan fingerprint density at radius 1 is 1.17 bits per heavy atom. The molecule has 3 heteroatoms. The molecule has 1 aromatic carbocycles. The lowest BCUT2D eigenvalue weighted by Crippen LogP contribution is -1.97. The van der Waals surface area contributed by atoms with Gasteiger partial charge in [-0.05, 0) is 37.0 Å². The summed E-state index contributed by atoms with van der Waals surface area (Å²) in [5, 5.41) is 2.32. The Hall–Kier alpha value is -1.22. The van der Waals surface area contributed by atoms with E-state index < -0.39 is 0 Å². The summed E-state index contributed by atoms with van der Waals surface area (Å²) in [6, 6.07) is 6.16. The summed E-state index contributed by atoms with van der Waals surface area (Å²) in [6.45, 7) is 0. The number of aromatic nitrogens is 1. The first-order chi connectivity index (χ1) is 8.84. The third-order valence-corrected chi connectivity index (χ3v) is 5.07. The summed E-state index contributed by atoms with van der Waals surface area (Å²) in [5.41, 5.74) is 6.85. The van der Waals surface area contributed by atoms with E-state index in [0.29, 0.717) is 0 Å². The second-order valence-corrected chi connectivity index (χ2v) is 6.10. The third kappa shape index (κ3) is 2.32. The van der Waals surface area contributed by atoms with Gasteiger partial charge in [-0.25, -0.2) is 0 Å². The molecule has 94 valence electrons. The number of nitrogens with zero attached hydrogens (tertiary/aromatic N) is 1. The molecular weight excluding hydrogens is 240 g/mol. The van der Waals surface area contributed by atoms with E-state index in [0.717, 1.165) is 17.0 Å². The fourth-order valence-corrected chi connectivity index (χ4v) is 3.93. The van der Waals surface area contributed by atoms with Gasteiger partial charge in [-0.1, -0.05) is 12.8 Å². The molecule has 1 aromatic heterocycles. The van der Waals surface area contributed by atoms with Crippen LogP contribution in [0.4, 0.5) is 5.69 Å². The Morgan fingerprint density at radius 2 is 2.00 bits per heavy atom.